The van der Waals surface area contributed by atoms with Crippen LogP contribution in [0.3, 0.4) is 0 Å². The molecule has 5 heteroatoms. The molecule has 0 aliphatic carbocycles. The summed E-state index contributed by atoms with van der Waals surface area (Å²) in [5.74, 6) is -0.224. The lowest BCUT2D eigenvalue weighted by molar-refractivity contribution is -0.117. The minimum atomic E-state index is -0.348. The summed E-state index contributed by atoms with van der Waals surface area (Å²) in [6.45, 7) is 1.42. The number of aliphatic imine (C=N–C) groups is 1. The number of ether oxygens (including phenoxy) is 1. The van der Waals surface area contributed by atoms with Gasteiger partial charge in [0.05, 0.1) is 5.69 Å². The van der Waals surface area contributed by atoms with Crippen molar-refractivity contribution in [2.24, 2.45) is 4.99 Å². The van der Waals surface area contributed by atoms with E-state index < -0.39 is 0 Å². The van der Waals surface area contributed by atoms with Crippen molar-refractivity contribution in [2.75, 3.05) is 0 Å². The summed E-state index contributed by atoms with van der Waals surface area (Å²) in [7, 11) is 0. The summed E-state index contributed by atoms with van der Waals surface area (Å²) in [4.78, 5) is 15.5. The van der Waals surface area contributed by atoms with Gasteiger partial charge in [-0.1, -0.05) is 41.9 Å². The van der Waals surface area contributed by atoms with Crippen molar-refractivity contribution in [2.45, 2.75) is 13.0 Å². The summed E-state index contributed by atoms with van der Waals surface area (Å²) >= 11 is 6.08. The summed E-state index contributed by atoms with van der Waals surface area (Å²) in [5.41, 5.74) is 2.59. The molecule has 2 aromatic carbocycles. The zero-order valence-electron chi connectivity index (χ0n) is 11.3. The van der Waals surface area contributed by atoms with Crippen molar-refractivity contribution < 1.29 is 9.53 Å². The van der Waals surface area contributed by atoms with E-state index in [1.807, 2.05) is 42.5 Å². The molecule has 0 saturated heterocycles. The second-order valence-electron chi connectivity index (χ2n) is 4.71. The van der Waals surface area contributed by atoms with Crippen molar-refractivity contribution in [3.63, 3.8) is 0 Å². The number of hydrogen-bond donors (Lipinski definition) is 1. The van der Waals surface area contributed by atoms with Crippen molar-refractivity contribution >= 4 is 29.2 Å². The van der Waals surface area contributed by atoms with E-state index in [0.717, 1.165) is 16.8 Å². The molecular weight excluding hydrogens is 288 g/mol. The van der Waals surface area contributed by atoms with E-state index in [2.05, 4.69) is 10.3 Å². The fraction of sp³-hybridized carbons (Fsp3) is 0.125. The molecule has 1 aliphatic rings. The molecule has 21 heavy (non-hydrogen) atoms. The monoisotopic (exact) mass is 300 g/mol. The highest BCUT2D eigenvalue weighted by atomic mass is 35.5. The Bertz CT molecular complexity index is 713. The fourth-order valence-electron chi connectivity index (χ4n) is 2.23. The van der Waals surface area contributed by atoms with Gasteiger partial charge in [-0.25, -0.2) is 0 Å². The molecule has 1 N–H and O–H groups in total. The first-order valence-corrected chi connectivity index (χ1v) is 6.88. The number of hydrogen-bond acceptors (Lipinski definition) is 3. The van der Waals surface area contributed by atoms with Gasteiger partial charge in [-0.2, -0.15) is 4.99 Å². The number of fused-ring (bicyclic) bond motifs is 1. The molecule has 1 aliphatic heterocycles. The van der Waals surface area contributed by atoms with Gasteiger partial charge in [-0.05, 0) is 23.8 Å². The van der Waals surface area contributed by atoms with Gasteiger partial charge in [-0.3, -0.25) is 10.1 Å². The minimum absolute atomic E-state index is 0.200. The van der Waals surface area contributed by atoms with Crippen LogP contribution in [-0.4, -0.2) is 11.9 Å². The molecule has 0 bridgehead atoms. The molecule has 4 nitrogen and oxygen atoms in total. The maximum Gasteiger partial charge on any atom is 0.297 e. The van der Waals surface area contributed by atoms with Gasteiger partial charge in [0.1, 0.15) is 0 Å². The highest BCUT2D eigenvalue weighted by molar-refractivity contribution is 6.30. The zero-order valence-corrected chi connectivity index (χ0v) is 12.1. The summed E-state index contributed by atoms with van der Waals surface area (Å²) in [6, 6.07) is 15.4. The fourth-order valence-corrected chi connectivity index (χ4v) is 2.41. The van der Waals surface area contributed by atoms with Crippen LogP contribution in [0.4, 0.5) is 5.69 Å². The molecule has 3 rings (SSSR count). The molecule has 1 amide bonds. The van der Waals surface area contributed by atoms with Gasteiger partial charge in [0.15, 0.2) is 6.10 Å². The average Bonchev–Trinajstić information content (AvgIpc) is 2.47. The van der Waals surface area contributed by atoms with Crippen LogP contribution in [0.15, 0.2) is 53.5 Å². The Labute approximate surface area is 127 Å². The Hall–Kier alpha value is -2.33. The number of carbonyl (C=O) groups is 1. The normalized spacial score (nSPS) is 16.5. The average molecular weight is 301 g/mol. The van der Waals surface area contributed by atoms with Crippen molar-refractivity contribution in [3.05, 3.63) is 64.7 Å². The lowest BCUT2D eigenvalue weighted by atomic mass is 9.99. The number of nitrogens with zero attached hydrogens (tertiary/aromatic N) is 1. The molecule has 106 valence electrons. The number of rotatable bonds is 1. The van der Waals surface area contributed by atoms with Crippen LogP contribution in [0.25, 0.3) is 0 Å². The molecule has 0 spiro atoms. The van der Waals surface area contributed by atoms with Gasteiger partial charge >= 0.3 is 0 Å². The number of nitrogens with one attached hydrogen (secondary N) is 1. The molecule has 2 aromatic rings. The third-order valence-electron chi connectivity index (χ3n) is 3.11. The van der Waals surface area contributed by atoms with Gasteiger partial charge in [0.2, 0.25) is 5.91 Å². The van der Waals surface area contributed by atoms with Gasteiger partial charge in [0, 0.05) is 17.5 Å². The molecule has 0 saturated carbocycles. The Morgan fingerprint density at radius 2 is 2.00 bits per heavy atom. The first kappa shape index (κ1) is 13.6. The predicted octanol–water partition coefficient (Wildman–Crippen LogP) is 3.58. The smallest absolute Gasteiger partial charge is 0.297 e. The molecular formula is C16H13ClN2O2. The predicted molar refractivity (Wildman–Crippen MR) is 81.7 cm³/mol. The SMILES string of the molecule is CC(=O)NC1=Nc2ccc(Cl)cc2C(c2ccccc2)O1. The quantitative estimate of drug-likeness (QED) is 0.875. The molecule has 1 unspecified atom stereocenters. The van der Waals surface area contributed by atoms with Crippen LogP contribution in [0.5, 0.6) is 0 Å². The number of amides is 1. The van der Waals surface area contributed by atoms with E-state index in [-0.39, 0.29) is 18.0 Å². The zero-order chi connectivity index (χ0) is 14.8. The largest absolute Gasteiger partial charge is 0.452 e. The Kier molecular flexibility index (Phi) is 3.62. The minimum Gasteiger partial charge on any atom is -0.452 e. The van der Waals surface area contributed by atoms with Crippen molar-refractivity contribution in [1.29, 1.82) is 0 Å². The Morgan fingerprint density at radius 3 is 2.71 bits per heavy atom. The van der Waals surface area contributed by atoms with Crippen LogP contribution >= 0.6 is 11.6 Å². The number of amidine groups is 1. The first-order chi connectivity index (χ1) is 10.1. The summed E-state index contributed by atoms with van der Waals surface area (Å²) in [6.07, 6.45) is -0.348. The van der Waals surface area contributed by atoms with Crippen LogP contribution in [0.2, 0.25) is 5.02 Å². The van der Waals surface area contributed by atoms with E-state index in [1.54, 1.807) is 6.07 Å². The van der Waals surface area contributed by atoms with Gasteiger partial charge < -0.3 is 4.74 Å². The van der Waals surface area contributed by atoms with E-state index in [9.17, 15) is 4.79 Å². The molecule has 0 aromatic heterocycles. The standard InChI is InChI=1S/C16H13ClN2O2/c1-10(20)18-16-19-14-8-7-12(17)9-13(14)15(21-16)11-5-3-2-4-6-11/h2-9,15H,1H3,(H,18,19,20). The topological polar surface area (TPSA) is 50.7 Å². The number of carbonyl (C=O) groups excluding carboxylic acids is 1. The number of benzene rings is 2. The second kappa shape index (κ2) is 5.58. The first-order valence-electron chi connectivity index (χ1n) is 6.51. The van der Waals surface area contributed by atoms with Gasteiger partial charge in [-0.15, -0.1) is 0 Å². The van der Waals surface area contributed by atoms with E-state index >= 15 is 0 Å². The second-order valence-corrected chi connectivity index (χ2v) is 5.15. The van der Waals surface area contributed by atoms with Crippen molar-refractivity contribution in [1.82, 2.24) is 5.32 Å². The molecule has 0 radical (unpaired) electrons. The van der Waals surface area contributed by atoms with Gasteiger partial charge in [0.25, 0.3) is 6.02 Å². The molecule has 1 atom stereocenters. The van der Waals surface area contributed by atoms with E-state index in [1.165, 1.54) is 6.92 Å². The molecule has 0 fully saturated rings. The van der Waals surface area contributed by atoms with Crippen LogP contribution in [-0.2, 0) is 9.53 Å². The third-order valence-corrected chi connectivity index (χ3v) is 3.34. The highest BCUT2D eigenvalue weighted by Crippen LogP contribution is 2.38. The molecule has 1 heterocycles. The van der Waals surface area contributed by atoms with Crippen LogP contribution in [0.1, 0.15) is 24.2 Å². The number of halogens is 1. The van der Waals surface area contributed by atoms with E-state index in [4.69, 9.17) is 16.3 Å². The lowest BCUT2D eigenvalue weighted by Gasteiger charge is -2.26. The summed E-state index contributed by atoms with van der Waals surface area (Å²) < 4.78 is 5.82. The van der Waals surface area contributed by atoms with Crippen LogP contribution < -0.4 is 5.32 Å². The third kappa shape index (κ3) is 2.90. The van der Waals surface area contributed by atoms with Crippen LogP contribution in [0, 0.1) is 0 Å². The van der Waals surface area contributed by atoms with E-state index in [0.29, 0.717) is 5.02 Å². The Morgan fingerprint density at radius 1 is 1.24 bits per heavy atom. The highest BCUT2D eigenvalue weighted by Gasteiger charge is 2.26. The lowest BCUT2D eigenvalue weighted by Crippen LogP contribution is -2.33. The maximum atomic E-state index is 11.2. The summed E-state index contributed by atoms with van der Waals surface area (Å²) in [5, 5.41) is 3.21. The van der Waals surface area contributed by atoms with Crippen molar-refractivity contribution in [3.8, 4) is 0 Å². The Balaban J connectivity index is 2.07. The maximum absolute atomic E-state index is 11.2.